The Labute approximate surface area is 113 Å². The highest BCUT2D eigenvalue weighted by atomic mass is 19.1. The molecule has 2 unspecified atom stereocenters. The van der Waals surface area contributed by atoms with Gasteiger partial charge in [0.05, 0.1) is 0 Å². The zero-order valence-corrected chi connectivity index (χ0v) is 10.9. The van der Waals surface area contributed by atoms with Gasteiger partial charge in [0.1, 0.15) is 5.82 Å². The van der Waals surface area contributed by atoms with Crippen LogP contribution in [0.3, 0.4) is 0 Å². The summed E-state index contributed by atoms with van der Waals surface area (Å²) in [5, 5.41) is 0. The van der Waals surface area contributed by atoms with Gasteiger partial charge >= 0.3 is 0 Å². The van der Waals surface area contributed by atoms with E-state index in [1.165, 1.54) is 23.3 Å². The van der Waals surface area contributed by atoms with Crippen molar-refractivity contribution >= 4 is 0 Å². The van der Waals surface area contributed by atoms with Crippen LogP contribution in [0, 0.1) is 5.82 Å². The molecule has 2 aromatic rings. The summed E-state index contributed by atoms with van der Waals surface area (Å²) in [4.78, 5) is 0. The standard InChI is InChI=1S/C17H18FN/c18-15-7-5-12(6-8-15)9-16(19)11-14-10-13-3-1-2-4-17(13)14/h1-8,14,16H,9-11,19H2. The molecule has 0 fully saturated rings. The van der Waals surface area contributed by atoms with Crippen molar-refractivity contribution in [3.8, 4) is 0 Å². The van der Waals surface area contributed by atoms with E-state index in [9.17, 15) is 4.39 Å². The summed E-state index contributed by atoms with van der Waals surface area (Å²) in [5.41, 5.74) is 10.2. The molecule has 2 heteroatoms. The maximum Gasteiger partial charge on any atom is 0.123 e. The topological polar surface area (TPSA) is 26.0 Å². The molecule has 0 aromatic heterocycles. The van der Waals surface area contributed by atoms with E-state index in [4.69, 9.17) is 5.73 Å². The van der Waals surface area contributed by atoms with Crippen LogP contribution in [0.2, 0.25) is 0 Å². The molecule has 0 saturated heterocycles. The second-order valence-corrected chi connectivity index (χ2v) is 5.43. The Morgan fingerprint density at radius 2 is 1.84 bits per heavy atom. The Kier molecular flexibility index (Phi) is 3.34. The van der Waals surface area contributed by atoms with E-state index in [-0.39, 0.29) is 11.9 Å². The van der Waals surface area contributed by atoms with Gasteiger partial charge in [-0.05, 0) is 54.0 Å². The summed E-state index contributed by atoms with van der Waals surface area (Å²) < 4.78 is 12.8. The Morgan fingerprint density at radius 3 is 2.58 bits per heavy atom. The third-order valence-corrected chi connectivity index (χ3v) is 3.96. The summed E-state index contributed by atoms with van der Waals surface area (Å²) in [6, 6.07) is 15.4. The maximum absolute atomic E-state index is 12.8. The second-order valence-electron chi connectivity index (χ2n) is 5.43. The highest BCUT2D eigenvalue weighted by Crippen LogP contribution is 2.37. The van der Waals surface area contributed by atoms with Gasteiger partial charge < -0.3 is 5.73 Å². The number of benzene rings is 2. The fourth-order valence-corrected chi connectivity index (χ4v) is 2.95. The van der Waals surface area contributed by atoms with E-state index in [1.54, 1.807) is 0 Å². The Morgan fingerprint density at radius 1 is 1.11 bits per heavy atom. The summed E-state index contributed by atoms with van der Waals surface area (Å²) in [6.07, 6.45) is 2.97. The predicted octanol–water partition coefficient (Wildman–Crippen LogP) is 3.43. The fourth-order valence-electron chi connectivity index (χ4n) is 2.95. The Balaban J connectivity index is 1.58. The van der Waals surface area contributed by atoms with Crippen molar-refractivity contribution in [3.05, 3.63) is 71.0 Å². The second kappa shape index (κ2) is 5.14. The monoisotopic (exact) mass is 255 g/mol. The molecule has 0 bridgehead atoms. The highest BCUT2D eigenvalue weighted by Gasteiger charge is 2.26. The first kappa shape index (κ1) is 12.4. The van der Waals surface area contributed by atoms with Gasteiger partial charge in [-0.1, -0.05) is 36.4 Å². The SMILES string of the molecule is NC(Cc1ccc(F)cc1)CC1Cc2ccccc21. The van der Waals surface area contributed by atoms with Crippen molar-refractivity contribution in [3.63, 3.8) is 0 Å². The van der Waals surface area contributed by atoms with E-state index < -0.39 is 0 Å². The summed E-state index contributed by atoms with van der Waals surface area (Å²) in [6.45, 7) is 0. The molecule has 0 spiro atoms. The minimum atomic E-state index is -0.190. The lowest BCUT2D eigenvalue weighted by Gasteiger charge is -2.32. The van der Waals surface area contributed by atoms with Crippen LogP contribution in [-0.4, -0.2) is 6.04 Å². The molecule has 0 saturated carbocycles. The maximum atomic E-state index is 12.8. The van der Waals surface area contributed by atoms with Crippen molar-refractivity contribution < 1.29 is 4.39 Å². The van der Waals surface area contributed by atoms with E-state index in [0.717, 1.165) is 24.8 Å². The molecule has 19 heavy (non-hydrogen) atoms. The number of fused-ring (bicyclic) bond motifs is 1. The van der Waals surface area contributed by atoms with Gasteiger partial charge in [0.15, 0.2) is 0 Å². The van der Waals surface area contributed by atoms with Crippen molar-refractivity contribution in [2.75, 3.05) is 0 Å². The van der Waals surface area contributed by atoms with Crippen molar-refractivity contribution in [1.29, 1.82) is 0 Å². The van der Waals surface area contributed by atoms with Crippen LogP contribution in [0.15, 0.2) is 48.5 Å². The Bertz CT molecular complexity index is 562. The van der Waals surface area contributed by atoms with Crippen LogP contribution >= 0.6 is 0 Å². The van der Waals surface area contributed by atoms with Gasteiger partial charge in [-0.25, -0.2) is 4.39 Å². The zero-order chi connectivity index (χ0) is 13.2. The fraction of sp³-hybridized carbons (Fsp3) is 0.294. The summed E-state index contributed by atoms with van der Waals surface area (Å²) in [5.74, 6) is 0.414. The smallest absolute Gasteiger partial charge is 0.123 e. The lowest BCUT2D eigenvalue weighted by Crippen LogP contribution is -2.29. The molecule has 1 nitrogen and oxygen atoms in total. The van der Waals surface area contributed by atoms with Gasteiger partial charge in [-0.15, -0.1) is 0 Å². The molecule has 2 N–H and O–H groups in total. The molecule has 98 valence electrons. The minimum Gasteiger partial charge on any atom is -0.327 e. The Hall–Kier alpha value is -1.67. The van der Waals surface area contributed by atoms with Crippen LogP contribution in [-0.2, 0) is 12.8 Å². The molecule has 3 rings (SSSR count). The van der Waals surface area contributed by atoms with Gasteiger partial charge in [-0.2, -0.15) is 0 Å². The van der Waals surface area contributed by atoms with Crippen LogP contribution in [0.25, 0.3) is 0 Å². The third-order valence-electron chi connectivity index (χ3n) is 3.96. The summed E-state index contributed by atoms with van der Waals surface area (Å²) in [7, 11) is 0. The van der Waals surface area contributed by atoms with E-state index in [1.807, 2.05) is 12.1 Å². The van der Waals surface area contributed by atoms with E-state index >= 15 is 0 Å². The van der Waals surface area contributed by atoms with Crippen molar-refractivity contribution in [1.82, 2.24) is 0 Å². The van der Waals surface area contributed by atoms with Crippen molar-refractivity contribution in [2.24, 2.45) is 5.73 Å². The van der Waals surface area contributed by atoms with Gasteiger partial charge in [-0.3, -0.25) is 0 Å². The quantitative estimate of drug-likeness (QED) is 0.890. The molecular weight excluding hydrogens is 237 g/mol. The molecule has 0 heterocycles. The average molecular weight is 255 g/mol. The number of hydrogen-bond acceptors (Lipinski definition) is 1. The van der Waals surface area contributed by atoms with E-state index in [2.05, 4.69) is 24.3 Å². The van der Waals surface area contributed by atoms with E-state index in [0.29, 0.717) is 5.92 Å². The van der Waals surface area contributed by atoms with Gasteiger partial charge in [0.25, 0.3) is 0 Å². The zero-order valence-electron chi connectivity index (χ0n) is 10.9. The minimum absolute atomic E-state index is 0.142. The van der Waals surface area contributed by atoms with Gasteiger partial charge in [0.2, 0.25) is 0 Å². The lowest BCUT2D eigenvalue weighted by molar-refractivity contribution is 0.484. The number of hydrogen-bond donors (Lipinski definition) is 1. The molecule has 1 aliphatic rings. The lowest BCUT2D eigenvalue weighted by atomic mass is 9.74. The molecule has 1 aliphatic carbocycles. The molecule has 2 atom stereocenters. The molecule has 2 aromatic carbocycles. The van der Waals surface area contributed by atoms with Crippen LogP contribution in [0.4, 0.5) is 4.39 Å². The van der Waals surface area contributed by atoms with Gasteiger partial charge in [0, 0.05) is 6.04 Å². The van der Waals surface area contributed by atoms with Crippen molar-refractivity contribution in [2.45, 2.75) is 31.2 Å². The number of rotatable bonds is 4. The first-order valence-corrected chi connectivity index (χ1v) is 6.80. The first-order chi connectivity index (χ1) is 9.22. The first-order valence-electron chi connectivity index (χ1n) is 6.80. The largest absolute Gasteiger partial charge is 0.327 e. The molecule has 0 amide bonds. The molecule has 0 radical (unpaired) electrons. The third kappa shape index (κ3) is 2.69. The van der Waals surface area contributed by atoms with Crippen LogP contribution < -0.4 is 5.73 Å². The molecule has 0 aliphatic heterocycles. The highest BCUT2D eigenvalue weighted by molar-refractivity contribution is 5.40. The average Bonchev–Trinajstić information content (AvgIpc) is 2.39. The number of nitrogens with two attached hydrogens (primary N) is 1. The number of halogens is 1. The predicted molar refractivity (Wildman–Crippen MR) is 75.6 cm³/mol. The van der Waals surface area contributed by atoms with Crippen LogP contribution in [0.1, 0.15) is 29.0 Å². The molecular formula is C17H18FN. The summed E-state index contributed by atoms with van der Waals surface area (Å²) >= 11 is 0. The van der Waals surface area contributed by atoms with Crippen LogP contribution in [0.5, 0.6) is 0 Å². The normalized spacial score (nSPS) is 18.5.